The van der Waals surface area contributed by atoms with Crippen LogP contribution in [0.25, 0.3) is 0 Å². The van der Waals surface area contributed by atoms with Gasteiger partial charge in [-0.05, 0) is 19.1 Å². The van der Waals surface area contributed by atoms with Crippen LogP contribution in [0.2, 0.25) is 0 Å². The first-order valence-electron chi connectivity index (χ1n) is 8.42. The van der Waals surface area contributed by atoms with Gasteiger partial charge in [-0.2, -0.15) is 0 Å². The standard InChI is InChI=1S/C18H24N4O4S/c1-13-15(16(23)22(9-11-25-2)10-12-26-3)27-18(19-13)21-17(24)20-14-7-5-4-6-8-14/h4-8H,9-12H2,1-3H3,(H2,19,20,21,24). The molecule has 0 aliphatic carbocycles. The summed E-state index contributed by atoms with van der Waals surface area (Å²) in [5.41, 5.74) is 1.24. The molecule has 1 aromatic heterocycles. The molecule has 2 rings (SSSR count). The Morgan fingerprint density at radius 1 is 1.07 bits per heavy atom. The molecule has 0 radical (unpaired) electrons. The Morgan fingerprint density at radius 3 is 2.30 bits per heavy atom. The fourth-order valence-electron chi connectivity index (χ4n) is 2.29. The van der Waals surface area contributed by atoms with Crippen LogP contribution < -0.4 is 10.6 Å². The molecule has 0 unspecified atom stereocenters. The zero-order valence-electron chi connectivity index (χ0n) is 15.7. The Bertz CT molecular complexity index is 743. The summed E-state index contributed by atoms with van der Waals surface area (Å²) in [6.45, 7) is 3.51. The van der Waals surface area contributed by atoms with Crippen molar-refractivity contribution in [2.45, 2.75) is 6.92 Å². The highest BCUT2D eigenvalue weighted by molar-refractivity contribution is 7.17. The monoisotopic (exact) mass is 392 g/mol. The topological polar surface area (TPSA) is 92.8 Å². The molecule has 2 N–H and O–H groups in total. The van der Waals surface area contributed by atoms with Crippen molar-refractivity contribution in [3.8, 4) is 0 Å². The Kier molecular flexibility index (Phi) is 8.18. The molecule has 2 aromatic rings. The fourth-order valence-corrected chi connectivity index (χ4v) is 3.22. The normalized spacial score (nSPS) is 10.5. The number of aryl methyl sites for hydroxylation is 1. The number of urea groups is 1. The lowest BCUT2D eigenvalue weighted by Gasteiger charge is -2.21. The minimum Gasteiger partial charge on any atom is -0.383 e. The van der Waals surface area contributed by atoms with Crippen molar-refractivity contribution in [3.63, 3.8) is 0 Å². The number of nitrogens with zero attached hydrogens (tertiary/aromatic N) is 2. The predicted molar refractivity (Wildman–Crippen MR) is 106 cm³/mol. The third-order valence-electron chi connectivity index (χ3n) is 3.66. The predicted octanol–water partition coefficient (Wildman–Crippen LogP) is 2.83. The molecule has 146 valence electrons. The van der Waals surface area contributed by atoms with E-state index in [0.717, 1.165) is 11.3 Å². The number of amides is 3. The number of nitrogens with one attached hydrogen (secondary N) is 2. The average molecular weight is 392 g/mol. The fraction of sp³-hybridized carbons (Fsp3) is 0.389. The summed E-state index contributed by atoms with van der Waals surface area (Å²) in [5.74, 6) is -0.157. The largest absolute Gasteiger partial charge is 0.383 e. The van der Waals surface area contributed by atoms with Crippen molar-refractivity contribution < 1.29 is 19.1 Å². The number of carbonyl (C=O) groups is 2. The number of benzene rings is 1. The van der Waals surface area contributed by atoms with Crippen molar-refractivity contribution in [1.82, 2.24) is 9.88 Å². The number of hydrogen-bond acceptors (Lipinski definition) is 6. The second-order valence-electron chi connectivity index (χ2n) is 5.66. The second-order valence-corrected chi connectivity index (χ2v) is 6.66. The van der Waals surface area contributed by atoms with Crippen LogP contribution in [-0.4, -0.2) is 62.3 Å². The van der Waals surface area contributed by atoms with E-state index in [9.17, 15) is 9.59 Å². The molecule has 27 heavy (non-hydrogen) atoms. The zero-order valence-corrected chi connectivity index (χ0v) is 16.5. The number of methoxy groups -OCH3 is 2. The van der Waals surface area contributed by atoms with Crippen molar-refractivity contribution in [3.05, 3.63) is 40.9 Å². The van der Waals surface area contributed by atoms with Crippen LogP contribution in [0, 0.1) is 6.92 Å². The first-order chi connectivity index (χ1) is 13.0. The highest BCUT2D eigenvalue weighted by atomic mass is 32.1. The van der Waals surface area contributed by atoms with Gasteiger partial charge in [-0.1, -0.05) is 29.5 Å². The van der Waals surface area contributed by atoms with Crippen LogP contribution in [0.1, 0.15) is 15.4 Å². The minimum atomic E-state index is -0.412. The molecule has 1 aromatic carbocycles. The van der Waals surface area contributed by atoms with Gasteiger partial charge in [-0.3, -0.25) is 10.1 Å². The Morgan fingerprint density at radius 2 is 1.70 bits per heavy atom. The lowest BCUT2D eigenvalue weighted by molar-refractivity contribution is 0.0631. The lowest BCUT2D eigenvalue weighted by Crippen LogP contribution is -2.36. The van der Waals surface area contributed by atoms with E-state index in [1.807, 2.05) is 18.2 Å². The van der Waals surface area contributed by atoms with Crippen LogP contribution in [-0.2, 0) is 9.47 Å². The molecule has 0 fully saturated rings. The van der Waals surface area contributed by atoms with E-state index in [4.69, 9.17) is 9.47 Å². The van der Waals surface area contributed by atoms with E-state index in [-0.39, 0.29) is 5.91 Å². The number of thiazole rings is 1. The molecule has 0 spiro atoms. The summed E-state index contributed by atoms with van der Waals surface area (Å²) >= 11 is 1.15. The van der Waals surface area contributed by atoms with Crippen molar-refractivity contribution in [2.24, 2.45) is 0 Å². The van der Waals surface area contributed by atoms with Crippen molar-refractivity contribution in [1.29, 1.82) is 0 Å². The van der Waals surface area contributed by atoms with Crippen molar-refractivity contribution >= 4 is 34.1 Å². The highest BCUT2D eigenvalue weighted by Crippen LogP contribution is 2.24. The second kappa shape index (κ2) is 10.6. The molecule has 0 aliphatic rings. The van der Waals surface area contributed by atoms with Gasteiger partial charge in [-0.15, -0.1) is 0 Å². The minimum absolute atomic E-state index is 0.157. The first kappa shape index (κ1) is 20.8. The maximum Gasteiger partial charge on any atom is 0.325 e. The molecule has 3 amide bonds. The quantitative estimate of drug-likeness (QED) is 0.685. The van der Waals surface area contributed by atoms with Gasteiger partial charge in [0, 0.05) is 33.0 Å². The third kappa shape index (κ3) is 6.31. The summed E-state index contributed by atoms with van der Waals surface area (Å²) in [7, 11) is 3.18. The molecular formula is C18H24N4O4S. The number of hydrogen-bond donors (Lipinski definition) is 2. The lowest BCUT2D eigenvalue weighted by atomic mass is 10.3. The van der Waals surface area contributed by atoms with E-state index < -0.39 is 6.03 Å². The maximum absolute atomic E-state index is 12.8. The van der Waals surface area contributed by atoms with Gasteiger partial charge in [0.15, 0.2) is 5.13 Å². The average Bonchev–Trinajstić information content (AvgIpc) is 3.02. The number of rotatable bonds is 9. The number of anilines is 2. The van der Waals surface area contributed by atoms with Crippen LogP contribution in [0.3, 0.4) is 0 Å². The highest BCUT2D eigenvalue weighted by Gasteiger charge is 2.22. The molecule has 0 bridgehead atoms. The van der Waals surface area contributed by atoms with Gasteiger partial charge < -0.3 is 19.7 Å². The van der Waals surface area contributed by atoms with E-state index in [1.54, 1.807) is 38.2 Å². The van der Waals surface area contributed by atoms with Crippen LogP contribution in [0.5, 0.6) is 0 Å². The van der Waals surface area contributed by atoms with Gasteiger partial charge in [0.25, 0.3) is 5.91 Å². The summed E-state index contributed by atoms with van der Waals surface area (Å²) < 4.78 is 10.1. The zero-order chi connectivity index (χ0) is 19.6. The SMILES string of the molecule is COCCN(CCOC)C(=O)c1sc(NC(=O)Nc2ccccc2)nc1C. The van der Waals surface area contributed by atoms with E-state index in [0.29, 0.717) is 47.7 Å². The van der Waals surface area contributed by atoms with Crippen LogP contribution in [0.4, 0.5) is 15.6 Å². The molecule has 0 aliphatic heterocycles. The van der Waals surface area contributed by atoms with E-state index >= 15 is 0 Å². The Labute approximate surface area is 162 Å². The molecule has 0 saturated carbocycles. The van der Waals surface area contributed by atoms with E-state index in [2.05, 4.69) is 15.6 Å². The molecule has 0 saturated heterocycles. The molecule has 8 nitrogen and oxygen atoms in total. The Hall–Kier alpha value is -2.49. The third-order valence-corrected chi connectivity index (χ3v) is 4.72. The van der Waals surface area contributed by atoms with E-state index in [1.165, 1.54) is 0 Å². The number of carbonyl (C=O) groups excluding carboxylic acids is 2. The first-order valence-corrected chi connectivity index (χ1v) is 9.24. The smallest absolute Gasteiger partial charge is 0.325 e. The van der Waals surface area contributed by atoms with Crippen molar-refractivity contribution in [2.75, 3.05) is 51.2 Å². The van der Waals surface area contributed by atoms with Crippen LogP contribution in [0.15, 0.2) is 30.3 Å². The molecule has 0 atom stereocenters. The summed E-state index contributed by atoms with van der Waals surface area (Å²) in [4.78, 5) is 31.4. The van der Waals surface area contributed by atoms with Gasteiger partial charge in [-0.25, -0.2) is 9.78 Å². The Balaban J connectivity index is 2.04. The molecular weight excluding hydrogens is 368 g/mol. The number of ether oxygens (including phenoxy) is 2. The number of aromatic nitrogens is 1. The van der Waals surface area contributed by atoms with Gasteiger partial charge in [0.05, 0.1) is 18.9 Å². The summed E-state index contributed by atoms with van der Waals surface area (Å²) in [6.07, 6.45) is 0. The van der Waals surface area contributed by atoms with Gasteiger partial charge in [0.1, 0.15) is 4.88 Å². The number of para-hydroxylation sites is 1. The molecule has 1 heterocycles. The van der Waals surface area contributed by atoms with Gasteiger partial charge in [0.2, 0.25) is 0 Å². The van der Waals surface area contributed by atoms with Crippen LogP contribution >= 0.6 is 11.3 Å². The summed E-state index contributed by atoms with van der Waals surface area (Å²) in [5, 5.41) is 5.75. The maximum atomic E-state index is 12.8. The molecule has 9 heteroatoms. The van der Waals surface area contributed by atoms with Gasteiger partial charge >= 0.3 is 6.03 Å². The summed E-state index contributed by atoms with van der Waals surface area (Å²) in [6, 6.07) is 8.67.